The Morgan fingerprint density at radius 2 is 1.68 bits per heavy atom. The van der Waals surface area contributed by atoms with Crippen molar-refractivity contribution in [1.82, 2.24) is 4.90 Å². The van der Waals surface area contributed by atoms with Crippen LogP contribution in [-0.4, -0.2) is 28.1 Å². The number of carboxylic acid groups (broad SMARTS) is 1. The molecule has 2 aromatic rings. The largest absolute Gasteiger partial charge is 0.479 e. The second kappa shape index (κ2) is 8.67. The Morgan fingerprint density at radius 3 is 2.20 bits per heavy atom. The lowest BCUT2D eigenvalue weighted by molar-refractivity contribution is -0.143. The average molecular weight is 406 g/mol. The molecule has 0 radical (unpaired) electrons. The zero-order valence-electron chi connectivity index (χ0n) is 14.1. The van der Waals surface area contributed by atoms with Crippen molar-refractivity contribution in [3.8, 4) is 0 Å². The summed E-state index contributed by atoms with van der Waals surface area (Å²) in [5.74, 6) is -1.10. The van der Waals surface area contributed by atoms with E-state index < -0.39 is 18.1 Å². The number of aliphatic carboxylic acids is 1. The first-order valence-electron chi connectivity index (χ1n) is 7.87. The molecule has 0 aliphatic carbocycles. The Hall–Kier alpha value is -2.34. The molecular formula is C19H20BrNO4. The Morgan fingerprint density at radius 1 is 1.08 bits per heavy atom. The van der Waals surface area contributed by atoms with Gasteiger partial charge in [-0.05, 0) is 37.1 Å². The molecule has 0 aliphatic rings. The fourth-order valence-electron chi connectivity index (χ4n) is 2.48. The molecule has 5 nitrogen and oxygen atoms in total. The summed E-state index contributed by atoms with van der Waals surface area (Å²) in [5, 5.41) is 9.69. The van der Waals surface area contributed by atoms with Crippen LogP contribution in [0.1, 0.15) is 31.0 Å². The molecule has 1 N–H and O–H groups in total. The van der Waals surface area contributed by atoms with Gasteiger partial charge >= 0.3 is 12.1 Å². The van der Waals surface area contributed by atoms with Crippen LogP contribution in [0.15, 0.2) is 59.1 Å². The van der Waals surface area contributed by atoms with Crippen LogP contribution in [0.4, 0.5) is 4.79 Å². The van der Waals surface area contributed by atoms with E-state index in [0.717, 1.165) is 10.0 Å². The van der Waals surface area contributed by atoms with Crippen molar-refractivity contribution in [1.29, 1.82) is 0 Å². The van der Waals surface area contributed by atoms with E-state index >= 15 is 0 Å². The van der Waals surface area contributed by atoms with Crippen molar-refractivity contribution in [3.63, 3.8) is 0 Å². The Bertz CT molecular complexity index is 716. The van der Waals surface area contributed by atoms with E-state index in [0.29, 0.717) is 5.56 Å². The molecule has 0 fully saturated rings. The van der Waals surface area contributed by atoms with Crippen LogP contribution in [0, 0.1) is 0 Å². The van der Waals surface area contributed by atoms with Crippen LogP contribution >= 0.6 is 15.9 Å². The van der Waals surface area contributed by atoms with Crippen LogP contribution in [0.5, 0.6) is 0 Å². The standard InChI is InChI=1S/C19H20BrNO4/c1-13(2)21(19(24)25-12-14-6-4-3-5-7-14)17(18(22)23)15-8-10-16(20)11-9-15/h3-11,13,17H,12H2,1-2H3,(H,22,23). The minimum absolute atomic E-state index is 0.0928. The number of rotatable bonds is 6. The molecule has 2 rings (SSSR count). The maximum Gasteiger partial charge on any atom is 0.411 e. The number of nitrogens with zero attached hydrogens (tertiary/aromatic N) is 1. The highest BCUT2D eigenvalue weighted by Crippen LogP contribution is 2.26. The van der Waals surface area contributed by atoms with Gasteiger partial charge in [0.1, 0.15) is 6.61 Å². The number of carboxylic acids is 1. The zero-order chi connectivity index (χ0) is 18.4. The molecule has 0 aromatic heterocycles. The lowest BCUT2D eigenvalue weighted by atomic mass is 10.0. The molecule has 1 unspecified atom stereocenters. The van der Waals surface area contributed by atoms with Gasteiger partial charge in [0.05, 0.1) is 0 Å². The third-order valence-corrected chi connectivity index (χ3v) is 4.20. The van der Waals surface area contributed by atoms with Crippen LogP contribution in [-0.2, 0) is 16.1 Å². The van der Waals surface area contributed by atoms with Gasteiger partial charge in [-0.2, -0.15) is 0 Å². The van der Waals surface area contributed by atoms with E-state index in [9.17, 15) is 14.7 Å². The molecule has 2 aromatic carbocycles. The quantitative estimate of drug-likeness (QED) is 0.760. The maximum absolute atomic E-state index is 12.6. The van der Waals surface area contributed by atoms with E-state index in [-0.39, 0.29) is 12.6 Å². The molecule has 0 heterocycles. The van der Waals surface area contributed by atoms with E-state index in [1.165, 1.54) is 4.90 Å². The van der Waals surface area contributed by atoms with Crippen LogP contribution in [0.3, 0.4) is 0 Å². The van der Waals surface area contributed by atoms with E-state index in [4.69, 9.17) is 4.74 Å². The summed E-state index contributed by atoms with van der Waals surface area (Å²) in [6, 6.07) is 14.7. The van der Waals surface area contributed by atoms with Crippen molar-refractivity contribution in [2.75, 3.05) is 0 Å². The second-order valence-corrected chi connectivity index (χ2v) is 6.75. The SMILES string of the molecule is CC(C)N(C(=O)OCc1ccccc1)C(C(=O)O)c1ccc(Br)cc1. The fourth-order valence-corrected chi connectivity index (χ4v) is 2.74. The van der Waals surface area contributed by atoms with Crippen molar-refractivity contribution < 1.29 is 19.4 Å². The number of carbonyl (C=O) groups excluding carboxylic acids is 1. The summed E-state index contributed by atoms with van der Waals surface area (Å²) in [5.41, 5.74) is 1.36. The van der Waals surface area contributed by atoms with Gasteiger partial charge in [0, 0.05) is 10.5 Å². The van der Waals surface area contributed by atoms with Gasteiger partial charge in [0.15, 0.2) is 6.04 Å². The number of carbonyl (C=O) groups is 2. The monoisotopic (exact) mass is 405 g/mol. The molecule has 0 saturated heterocycles. The summed E-state index contributed by atoms with van der Waals surface area (Å²) in [6.07, 6.45) is -0.658. The second-order valence-electron chi connectivity index (χ2n) is 5.83. The summed E-state index contributed by atoms with van der Waals surface area (Å²) in [7, 11) is 0. The highest BCUT2D eigenvalue weighted by atomic mass is 79.9. The van der Waals surface area contributed by atoms with Crippen LogP contribution in [0.25, 0.3) is 0 Å². The maximum atomic E-state index is 12.6. The van der Waals surface area contributed by atoms with Gasteiger partial charge in [-0.25, -0.2) is 9.59 Å². The van der Waals surface area contributed by atoms with Crippen molar-refractivity contribution in [2.45, 2.75) is 32.5 Å². The lowest BCUT2D eigenvalue weighted by Crippen LogP contribution is -2.43. The lowest BCUT2D eigenvalue weighted by Gasteiger charge is -2.31. The predicted octanol–water partition coefficient (Wildman–Crippen LogP) is 4.62. The molecule has 25 heavy (non-hydrogen) atoms. The normalized spacial score (nSPS) is 11.8. The summed E-state index contributed by atoms with van der Waals surface area (Å²) >= 11 is 3.32. The first-order valence-corrected chi connectivity index (χ1v) is 8.66. The van der Waals surface area contributed by atoms with E-state index in [2.05, 4.69) is 15.9 Å². The molecule has 0 saturated carbocycles. The molecule has 0 aliphatic heterocycles. The van der Waals surface area contributed by atoms with Crippen LogP contribution < -0.4 is 0 Å². The van der Waals surface area contributed by atoms with Crippen LogP contribution in [0.2, 0.25) is 0 Å². The first kappa shape index (κ1) is 19.0. The number of halogens is 1. The Kier molecular flexibility index (Phi) is 6.58. The third kappa shape index (κ3) is 5.06. The molecule has 132 valence electrons. The number of hydrogen-bond acceptors (Lipinski definition) is 3. The summed E-state index contributed by atoms with van der Waals surface area (Å²) < 4.78 is 6.18. The van der Waals surface area contributed by atoms with Crippen molar-refractivity contribution in [2.24, 2.45) is 0 Å². The third-order valence-electron chi connectivity index (χ3n) is 3.67. The molecule has 1 atom stereocenters. The summed E-state index contributed by atoms with van der Waals surface area (Å²) in [6.45, 7) is 3.62. The number of amides is 1. The van der Waals surface area contributed by atoms with Crippen molar-refractivity contribution in [3.05, 3.63) is 70.2 Å². The first-order chi connectivity index (χ1) is 11.9. The van der Waals surface area contributed by atoms with E-state index in [1.54, 1.807) is 38.1 Å². The van der Waals surface area contributed by atoms with Crippen molar-refractivity contribution >= 4 is 28.0 Å². The highest BCUT2D eigenvalue weighted by molar-refractivity contribution is 9.10. The number of hydrogen-bond donors (Lipinski definition) is 1. The molecule has 0 bridgehead atoms. The van der Waals surface area contributed by atoms with Gasteiger partial charge in [0.2, 0.25) is 0 Å². The minimum Gasteiger partial charge on any atom is -0.479 e. The highest BCUT2D eigenvalue weighted by Gasteiger charge is 2.34. The average Bonchev–Trinajstić information content (AvgIpc) is 2.59. The predicted molar refractivity (Wildman–Crippen MR) is 98.1 cm³/mol. The zero-order valence-corrected chi connectivity index (χ0v) is 15.6. The Labute approximate surface area is 155 Å². The van der Waals surface area contributed by atoms with Gasteiger partial charge in [-0.1, -0.05) is 58.4 Å². The van der Waals surface area contributed by atoms with Gasteiger partial charge in [-0.3, -0.25) is 4.90 Å². The fraction of sp³-hybridized carbons (Fsp3) is 0.263. The number of ether oxygens (including phenoxy) is 1. The van der Waals surface area contributed by atoms with Gasteiger partial charge < -0.3 is 9.84 Å². The molecule has 0 spiro atoms. The molecular weight excluding hydrogens is 386 g/mol. The van der Waals surface area contributed by atoms with Gasteiger partial charge in [-0.15, -0.1) is 0 Å². The number of benzene rings is 2. The summed E-state index contributed by atoms with van der Waals surface area (Å²) in [4.78, 5) is 25.7. The molecule has 6 heteroatoms. The van der Waals surface area contributed by atoms with E-state index in [1.807, 2.05) is 30.3 Å². The van der Waals surface area contributed by atoms with Gasteiger partial charge in [0.25, 0.3) is 0 Å². The minimum atomic E-state index is -1.11. The Balaban J connectivity index is 2.22. The topological polar surface area (TPSA) is 66.8 Å². The smallest absolute Gasteiger partial charge is 0.411 e. The molecule has 1 amide bonds.